The number of hydrogen-bond acceptors (Lipinski definition) is 4. The van der Waals surface area contributed by atoms with Crippen molar-refractivity contribution >= 4 is 28.6 Å². The second-order valence-corrected chi connectivity index (χ2v) is 8.28. The largest absolute Gasteiger partial charge is 0.444 e. The van der Waals surface area contributed by atoms with Crippen molar-refractivity contribution in [2.45, 2.75) is 39.2 Å². The number of carbonyl (C=O) groups is 1. The molecule has 0 atom stereocenters. The van der Waals surface area contributed by atoms with E-state index in [1.807, 2.05) is 0 Å². The highest BCUT2D eigenvalue weighted by Crippen LogP contribution is 2.24. The van der Waals surface area contributed by atoms with Gasteiger partial charge >= 0.3 is 6.09 Å². The number of nitrogens with zero attached hydrogens (tertiary/aromatic N) is 2. The molecule has 0 radical (unpaired) electrons. The van der Waals surface area contributed by atoms with Crippen LogP contribution < -0.4 is 10.9 Å². The fraction of sp³-hybridized carbons (Fsp3) is 0.318. The van der Waals surface area contributed by atoms with Crippen molar-refractivity contribution in [1.82, 2.24) is 14.9 Å². The highest BCUT2D eigenvalue weighted by Gasteiger charge is 2.18. The molecule has 1 heterocycles. The van der Waals surface area contributed by atoms with Crippen molar-refractivity contribution < 1.29 is 18.3 Å². The van der Waals surface area contributed by atoms with Crippen LogP contribution in [0.4, 0.5) is 13.6 Å². The molecule has 1 N–H and O–H groups in total. The molecular formula is C22H22ClF2N3O3. The molecule has 0 bridgehead atoms. The molecule has 3 aromatic rings. The number of nitrogens with one attached hydrogen (secondary N) is 1. The molecule has 0 spiro atoms. The molecule has 0 unspecified atom stereocenters. The molecule has 0 fully saturated rings. The summed E-state index contributed by atoms with van der Waals surface area (Å²) >= 11 is 6.22. The van der Waals surface area contributed by atoms with E-state index in [2.05, 4.69) is 10.3 Å². The molecule has 0 aliphatic carbocycles. The summed E-state index contributed by atoms with van der Waals surface area (Å²) in [6, 6.07) is 10.4. The van der Waals surface area contributed by atoms with Crippen LogP contribution in [0.1, 0.15) is 38.6 Å². The quantitative estimate of drug-likeness (QED) is 0.592. The number of benzene rings is 2. The van der Waals surface area contributed by atoms with Crippen LogP contribution in [-0.2, 0) is 11.2 Å². The van der Waals surface area contributed by atoms with Gasteiger partial charge in [-0.15, -0.1) is 0 Å². The Balaban J connectivity index is 2.04. The average Bonchev–Trinajstić information content (AvgIpc) is 2.66. The Kier molecular flexibility index (Phi) is 6.59. The summed E-state index contributed by atoms with van der Waals surface area (Å²) in [5.41, 5.74) is -0.731. The molecule has 1 amide bonds. The van der Waals surface area contributed by atoms with Gasteiger partial charge in [0.15, 0.2) is 0 Å². The first kappa shape index (κ1) is 22.7. The maximum atomic E-state index is 13.3. The fourth-order valence-electron chi connectivity index (χ4n) is 3.06. The van der Waals surface area contributed by atoms with Crippen molar-refractivity contribution in [1.29, 1.82) is 0 Å². The van der Waals surface area contributed by atoms with E-state index >= 15 is 0 Å². The minimum absolute atomic E-state index is 0.127. The molecule has 0 aliphatic rings. The molecule has 6 nitrogen and oxygen atoms in total. The lowest BCUT2D eigenvalue weighted by atomic mass is 10.1. The number of rotatable bonds is 5. The second kappa shape index (κ2) is 9.01. The number of ether oxygens (including phenoxy) is 1. The van der Waals surface area contributed by atoms with E-state index in [-0.39, 0.29) is 34.6 Å². The Labute approximate surface area is 182 Å². The number of alkyl halides is 2. The molecule has 9 heteroatoms. The average molecular weight is 450 g/mol. The highest BCUT2D eigenvalue weighted by molar-refractivity contribution is 6.35. The lowest BCUT2D eigenvalue weighted by Gasteiger charge is -2.20. The molecule has 2 aromatic carbocycles. The van der Waals surface area contributed by atoms with Crippen LogP contribution in [0.5, 0.6) is 0 Å². The Hall–Kier alpha value is -3.00. The molecule has 31 heavy (non-hydrogen) atoms. The SMILES string of the molecule is CC(C)(C)OC(=O)NCCc1nc2cccc(Cl)c2c(=O)n1-c1cccc(C(F)F)c1. The summed E-state index contributed by atoms with van der Waals surface area (Å²) in [4.78, 5) is 29.7. The summed E-state index contributed by atoms with van der Waals surface area (Å²) in [5, 5.41) is 3.02. The van der Waals surface area contributed by atoms with Crippen LogP contribution in [0.2, 0.25) is 5.02 Å². The van der Waals surface area contributed by atoms with E-state index < -0.39 is 23.7 Å². The number of halogens is 3. The summed E-state index contributed by atoms with van der Waals surface area (Å²) < 4.78 is 32.9. The van der Waals surface area contributed by atoms with Gasteiger partial charge in [0, 0.05) is 18.5 Å². The van der Waals surface area contributed by atoms with Crippen LogP contribution in [0.25, 0.3) is 16.6 Å². The van der Waals surface area contributed by atoms with E-state index in [1.54, 1.807) is 45.0 Å². The third kappa shape index (κ3) is 5.38. The summed E-state index contributed by atoms with van der Waals surface area (Å²) in [6.07, 6.45) is -3.13. The monoisotopic (exact) mass is 449 g/mol. The zero-order chi connectivity index (χ0) is 22.8. The maximum absolute atomic E-state index is 13.3. The number of aromatic nitrogens is 2. The topological polar surface area (TPSA) is 73.2 Å². The van der Waals surface area contributed by atoms with E-state index in [0.29, 0.717) is 11.3 Å². The van der Waals surface area contributed by atoms with Crippen LogP contribution in [-0.4, -0.2) is 27.8 Å². The van der Waals surface area contributed by atoms with Crippen molar-refractivity contribution in [3.63, 3.8) is 0 Å². The Morgan fingerprint density at radius 2 is 1.94 bits per heavy atom. The van der Waals surface area contributed by atoms with Gasteiger partial charge in [-0.3, -0.25) is 9.36 Å². The maximum Gasteiger partial charge on any atom is 0.407 e. The molecule has 0 saturated carbocycles. The van der Waals surface area contributed by atoms with Crippen molar-refractivity contribution in [3.05, 3.63) is 69.2 Å². The van der Waals surface area contributed by atoms with Crippen LogP contribution in [0, 0.1) is 0 Å². The lowest BCUT2D eigenvalue weighted by molar-refractivity contribution is 0.0528. The van der Waals surface area contributed by atoms with Gasteiger partial charge in [0.2, 0.25) is 0 Å². The van der Waals surface area contributed by atoms with Crippen molar-refractivity contribution in [2.24, 2.45) is 0 Å². The first-order chi connectivity index (χ1) is 14.6. The summed E-state index contributed by atoms with van der Waals surface area (Å²) in [7, 11) is 0. The fourth-order valence-corrected chi connectivity index (χ4v) is 3.31. The van der Waals surface area contributed by atoms with E-state index in [9.17, 15) is 18.4 Å². The normalized spacial score (nSPS) is 11.7. The van der Waals surface area contributed by atoms with Gasteiger partial charge in [0.25, 0.3) is 12.0 Å². The zero-order valence-corrected chi connectivity index (χ0v) is 18.0. The number of hydrogen-bond donors (Lipinski definition) is 1. The van der Waals surface area contributed by atoms with Crippen LogP contribution >= 0.6 is 11.6 Å². The molecule has 1 aromatic heterocycles. The molecule has 0 saturated heterocycles. The minimum Gasteiger partial charge on any atom is -0.444 e. The van der Waals surface area contributed by atoms with Crippen LogP contribution in [0.15, 0.2) is 47.3 Å². The first-order valence-electron chi connectivity index (χ1n) is 9.62. The van der Waals surface area contributed by atoms with Gasteiger partial charge in [-0.2, -0.15) is 0 Å². The molecule has 3 rings (SSSR count). The van der Waals surface area contributed by atoms with Gasteiger partial charge in [-0.1, -0.05) is 29.8 Å². The first-order valence-corrected chi connectivity index (χ1v) is 10.00. The molecular weight excluding hydrogens is 428 g/mol. The Morgan fingerprint density at radius 1 is 1.23 bits per heavy atom. The highest BCUT2D eigenvalue weighted by atomic mass is 35.5. The number of amides is 1. The van der Waals surface area contributed by atoms with E-state index in [0.717, 1.165) is 0 Å². The smallest absolute Gasteiger partial charge is 0.407 e. The summed E-state index contributed by atoms with van der Waals surface area (Å²) in [5.74, 6) is 0.294. The van der Waals surface area contributed by atoms with Gasteiger partial charge in [0.05, 0.1) is 21.6 Å². The lowest BCUT2D eigenvalue weighted by Crippen LogP contribution is -2.34. The van der Waals surface area contributed by atoms with E-state index in [1.165, 1.54) is 22.8 Å². The second-order valence-electron chi connectivity index (χ2n) is 7.88. The van der Waals surface area contributed by atoms with Crippen molar-refractivity contribution in [3.8, 4) is 5.69 Å². The van der Waals surface area contributed by atoms with Crippen molar-refractivity contribution in [2.75, 3.05) is 6.54 Å². The molecule has 164 valence electrons. The standard InChI is InChI=1S/C22H22ClF2N3O3/c1-22(2,3)31-21(30)26-11-10-17-27-16-9-5-8-15(23)18(16)20(29)28(17)14-7-4-6-13(12-14)19(24)25/h4-9,12,19H,10-11H2,1-3H3,(H,26,30). The minimum atomic E-state index is -2.69. The summed E-state index contributed by atoms with van der Waals surface area (Å²) in [6.45, 7) is 5.36. The van der Waals surface area contributed by atoms with Crippen LogP contribution in [0.3, 0.4) is 0 Å². The predicted octanol–water partition coefficient (Wildman–Crippen LogP) is 5.04. The van der Waals surface area contributed by atoms with E-state index in [4.69, 9.17) is 16.3 Å². The number of fused-ring (bicyclic) bond motifs is 1. The number of carbonyl (C=O) groups excluding carboxylic acids is 1. The predicted molar refractivity (Wildman–Crippen MR) is 115 cm³/mol. The van der Waals surface area contributed by atoms with Gasteiger partial charge in [-0.25, -0.2) is 18.6 Å². The Morgan fingerprint density at radius 3 is 2.61 bits per heavy atom. The third-order valence-electron chi connectivity index (χ3n) is 4.31. The third-order valence-corrected chi connectivity index (χ3v) is 4.63. The van der Waals surface area contributed by atoms with Gasteiger partial charge in [-0.05, 0) is 45.0 Å². The van der Waals surface area contributed by atoms with Gasteiger partial charge in [0.1, 0.15) is 11.4 Å². The molecule has 0 aliphatic heterocycles. The Bertz CT molecular complexity index is 1170. The number of alkyl carbamates (subject to hydrolysis) is 1. The zero-order valence-electron chi connectivity index (χ0n) is 17.3. The van der Waals surface area contributed by atoms with Gasteiger partial charge < -0.3 is 10.1 Å².